The fraction of sp³-hybridized carbons (Fsp3) is 0.308. The van der Waals surface area contributed by atoms with E-state index in [1.807, 2.05) is 12.1 Å². The van der Waals surface area contributed by atoms with E-state index in [9.17, 15) is 0 Å². The molecule has 156 valence electrons. The van der Waals surface area contributed by atoms with Crippen molar-refractivity contribution in [1.82, 2.24) is 4.90 Å². The molecule has 0 aromatic heterocycles. The summed E-state index contributed by atoms with van der Waals surface area (Å²) in [6.07, 6.45) is 2.29. The summed E-state index contributed by atoms with van der Waals surface area (Å²) in [4.78, 5) is 5.04. The van der Waals surface area contributed by atoms with E-state index in [1.54, 1.807) is 0 Å². The highest BCUT2D eigenvalue weighted by Crippen LogP contribution is 2.36. The van der Waals surface area contributed by atoms with Crippen LogP contribution in [0.1, 0.15) is 29.2 Å². The molecule has 1 saturated heterocycles. The maximum absolute atomic E-state index is 6.65. The van der Waals surface area contributed by atoms with Gasteiger partial charge in [-0.3, -0.25) is 4.90 Å². The molecule has 3 aromatic carbocycles. The minimum Gasteiger partial charge on any atom is -0.361 e. The molecule has 1 heterocycles. The summed E-state index contributed by atoms with van der Waals surface area (Å²) in [5.74, 6) is 0. The van der Waals surface area contributed by atoms with E-state index in [0.717, 1.165) is 48.3 Å². The Labute approximate surface area is 190 Å². The molecule has 0 radical (unpaired) electrons. The summed E-state index contributed by atoms with van der Waals surface area (Å²) in [5.41, 5.74) is 5.00. The normalized spacial score (nSPS) is 17.3. The average molecular weight is 439 g/mol. The van der Waals surface area contributed by atoms with Gasteiger partial charge in [-0.15, -0.1) is 0 Å². The highest BCUT2D eigenvalue weighted by molar-refractivity contribution is 6.33. The summed E-state index contributed by atoms with van der Waals surface area (Å²) in [6, 6.07) is 25.6. The minimum absolute atomic E-state index is 0.257. The SMILES string of the molecule is Cc1ccc(N2CCN(CCCc3ccccc3)CC2c2ccc(Cl)cc2)c(Cl)c1. The van der Waals surface area contributed by atoms with Crippen LogP contribution in [0.25, 0.3) is 0 Å². The van der Waals surface area contributed by atoms with Gasteiger partial charge in [0.05, 0.1) is 16.8 Å². The molecule has 2 nitrogen and oxygen atoms in total. The second kappa shape index (κ2) is 9.87. The molecule has 1 atom stereocenters. The fourth-order valence-electron chi connectivity index (χ4n) is 4.30. The van der Waals surface area contributed by atoms with E-state index in [-0.39, 0.29) is 6.04 Å². The number of anilines is 1. The van der Waals surface area contributed by atoms with E-state index in [2.05, 4.69) is 77.4 Å². The zero-order valence-corrected chi connectivity index (χ0v) is 18.9. The highest BCUT2D eigenvalue weighted by Gasteiger charge is 2.29. The van der Waals surface area contributed by atoms with Crippen molar-refractivity contribution in [2.45, 2.75) is 25.8 Å². The van der Waals surface area contributed by atoms with Gasteiger partial charge in [0.2, 0.25) is 0 Å². The van der Waals surface area contributed by atoms with E-state index < -0.39 is 0 Å². The van der Waals surface area contributed by atoms with Crippen LogP contribution in [-0.2, 0) is 6.42 Å². The number of hydrogen-bond acceptors (Lipinski definition) is 2. The average Bonchev–Trinajstić information content (AvgIpc) is 2.75. The number of benzene rings is 3. The zero-order chi connectivity index (χ0) is 20.9. The van der Waals surface area contributed by atoms with Gasteiger partial charge in [0, 0.05) is 24.7 Å². The van der Waals surface area contributed by atoms with Crippen molar-refractivity contribution in [2.75, 3.05) is 31.1 Å². The predicted molar refractivity (Wildman–Crippen MR) is 129 cm³/mol. The Morgan fingerprint density at radius 3 is 2.40 bits per heavy atom. The fourth-order valence-corrected chi connectivity index (χ4v) is 4.77. The Bertz CT molecular complexity index is 957. The lowest BCUT2D eigenvalue weighted by molar-refractivity contribution is 0.221. The largest absolute Gasteiger partial charge is 0.361 e. The summed E-state index contributed by atoms with van der Waals surface area (Å²) in [6.45, 7) is 6.18. The molecule has 1 unspecified atom stereocenters. The second-order valence-electron chi connectivity index (χ2n) is 8.11. The molecule has 4 rings (SSSR count). The van der Waals surface area contributed by atoms with Gasteiger partial charge in [0.25, 0.3) is 0 Å². The van der Waals surface area contributed by atoms with Gasteiger partial charge in [0.1, 0.15) is 0 Å². The molecule has 30 heavy (non-hydrogen) atoms. The standard InChI is InChI=1S/C26H28Cl2N2/c1-20-9-14-25(24(28)18-20)30-17-16-29(15-5-8-21-6-3-2-4-7-21)19-26(30)22-10-12-23(27)13-11-22/h2-4,6-7,9-14,18,26H,5,8,15-17,19H2,1H3. The van der Waals surface area contributed by atoms with Crippen LogP contribution in [0.4, 0.5) is 5.69 Å². The third kappa shape index (κ3) is 5.18. The van der Waals surface area contributed by atoms with E-state index in [0.29, 0.717) is 0 Å². The third-order valence-corrected chi connectivity index (χ3v) is 6.47. The van der Waals surface area contributed by atoms with Gasteiger partial charge in [-0.05, 0) is 67.3 Å². The molecule has 1 aliphatic rings. The Morgan fingerprint density at radius 1 is 0.900 bits per heavy atom. The van der Waals surface area contributed by atoms with Crippen LogP contribution in [0, 0.1) is 6.92 Å². The van der Waals surface area contributed by atoms with Crippen molar-refractivity contribution < 1.29 is 0 Å². The second-order valence-corrected chi connectivity index (χ2v) is 8.95. The molecule has 4 heteroatoms. The van der Waals surface area contributed by atoms with Crippen LogP contribution >= 0.6 is 23.2 Å². The first-order valence-corrected chi connectivity index (χ1v) is 11.4. The number of nitrogens with zero attached hydrogens (tertiary/aromatic N) is 2. The molecule has 0 aliphatic carbocycles. The van der Waals surface area contributed by atoms with Crippen molar-refractivity contribution in [3.05, 3.63) is 99.5 Å². The van der Waals surface area contributed by atoms with Crippen molar-refractivity contribution in [2.24, 2.45) is 0 Å². The van der Waals surface area contributed by atoms with Gasteiger partial charge in [0.15, 0.2) is 0 Å². The summed E-state index contributed by atoms with van der Waals surface area (Å²) >= 11 is 12.8. The number of aryl methyl sites for hydroxylation is 2. The molecular formula is C26H28Cl2N2. The Kier molecular flexibility index (Phi) is 6.99. The lowest BCUT2D eigenvalue weighted by Gasteiger charge is -2.43. The van der Waals surface area contributed by atoms with Crippen LogP contribution in [0.15, 0.2) is 72.8 Å². The number of hydrogen-bond donors (Lipinski definition) is 0. The van der Waals surface area contributed by atoms with Gasteiger partial charge in [-0.1, -0.05) is 71.7 Å². The van der Waals surface area contributed by atoms with Gasteiger partial charge < -0.3 is 4.90 Å². The van der Waals surface area contributed by atoms with E-state index >= 15 is 0 Å². The van der Waals surface area contributed by atoms with E-state index in [4.69, 9.17) is 23.2 Å². The molecule has 1 fully saturated rings. The smallest absolute Gasteiger partial charge is 0.0670 e. The molecule has 3 aromatic rings. The van der Waals surface area contributed by atoms with Crippen LogP contribution in [-0.4, -0.2) is 31.1 Å². The Morgan fingerprint density at radius 2 is 1.67 bits per heavy atom. The molecule has 1 aliphatic heterocycles. The Balaban J connectivity index is 1.50. The van der Waals surface area contributed by atoms with Gasteiger partial charge in [-0.2, -0.15) is 0 Å². The minimum atomic E-state index is 0.257. The molecule has 0 saturated carbocycles. The summed E-state index contributed by atoms with van der Waals surface area (Å²) in [7, 11) is 0. The van der Waals surface area contributed by atoms with Crippen molar-refractivity contribution in [3.63, 3.8) is 0 Å². The van der Waals surface area contributed by atoms with Crippen LogP contribution < -0.4 is 4.90 Å². The van der Waals surface area contributed by atoms with Gasteiger partial charge >= 0.3 is 0 Å². The Hall–Kier alpha value is -2.00. The summed E-state index contributed by atoms with van der Waals surface area (Å²) in [5, 5.41) is 1.60. The molecule has 0 N–H and O–H groups in total. The van der Waals surface area contributed by atoms with Gasteiger partial charge in [-0.25, -0.2) is 0 Å². The topological polar surface area (TPSA) is 6.48 Å². The van der Waals surface area contributed by atoms with Crippen LogP contribution in [0.2, 0.25) is 10.0 Å². The maximum Gasteiger partial charge on any atom is 0.0670 e. The lowest BCUT2D eigenvalue weighted by atomic mass is 10.0. The number of rotatable bonds is 6. The third-order valence-electron chi connectivity index (χ3n) is 5.91. The lowest BCUT2D eigenvalue weighted by Crippen LogP contribution is -2.49. The summed E-state index contributed by atoms with van der Waals surface area (Å²) < 4.78 is 0. The number of piperazine rings is 1. The van der Waals surface area contributed by atoms with Crippen molar-refractivity contribution in [3.8, 4) is 0 Å². The maximum atomic E-state index is 6.65. The molecule has 0 spiro atoms. The molecular weight excluding hydrogens is 411 g/mol. The van der Waals surface area contributed by atoms with Crippen molar-refractivity contribution >= 4 is 28.9 Å². The highest BCUT2D eigenvalue weighted by atomic mass is 35.5. The van der Waals surface area contributed by atoms with Crippen LogP contribution in [0.3, 0.4) is 0 Å². The number of halogens is 2. The van der Waals surface area contributed by atoms with Crippen LogP contribution in [0.5, 0.6) is 0 Å². The first-order valence-electron chi connectivity index (χ1n) is 10.6. The molecule has 0 bridgehead atoms. The molecule has 0 amide bonds. The first kappa shape index (κ1) is 21.2. The zero-order valence-electron chi connectivity index (χ0n) is 17.4. The first-order chi connectivity index (χ1) is 14.6. The predicted octanol–water partition coefficient (Wildman–Crippen LogP) is 6.80. The quantitative estimate of drug-likeness (QED) is 0.417. The monoisotopic (exact) mass is 438 g/mol. The van der Waals surface area contributed by atoms with Crippen molar-refractivity contribution in [1.29, 1.82) is 0 Å². The van der Waals surface area contributed by atoms with E-state index in [1.165, 1.54) is 23.1 Å².